The fourth-order valence-electron chi connectivity index (χ4n) is 2.86. The molecule has 23 heavy (non-hydrogen) atoms. The predicted octanol–water partition coefficient (Wildman–Crippen LogP) is 3.83. The molecule has 0 aromatic heterocycles. The lowest BCUT2D eigenvalue weighted by molar-refractivity contribution is 0.471. The molecule has 1 heterocycles. The van der Waals surface area contributed by atoms with Crippen molar-refractivity contribution in [1.29, 1.82) is 0 Å². The van der Waals surface area contributed by atoms with Crippen LogP contribution in [-0.2, 0) is 10.1 Å². The van der Waals surface area contributed by atoms with Crippen molar-refractivity contribution in [1.82, 2.24) is 0 Å². The fraction of sp³-hybridized carbons (Fsp3) is 0.294. The third-order valence-electron chi connectivity index (χ3n) is 3.88. The molecule has 0 saturated carbocycles. The Bertz CT molecular complexity index is 846. The van der Waals surface area contributed by atoms with Crippen molar-refractivity contribution in [2.24, 2.45) is 0 Å². The van der Waals surface area contributed by atoms with Gasteiger partial charge in [-0.1, -0.05) is 18.2 Å². The maximum absolute atomic E-state index is 11.0. The molecule has 0 aliphatic carbocycles. The molecule has 1 N–H and O–H groups in total. The Labute approximate surface area is 136 Å². The van der Waals surface area contributed by atoms with Gasteiger partial charge in [0.05, 0.1) is 17.1 Å². The molecule has 0 bridgehead atoms. The molecule has 5 nitrogen and oxygen atoms in total. The van der Waals surface area contributed by atoms with Gasteiger partial charge in [-0.25, -0.2) is 0 Å². The van der Waals surface area contributed by atoms with Gasteiger partial charge in [0.15, 0.2) is 11.5 Å². The van der Waals surface area contributed by atoms with Crippen LogP contribution in [0.5, 0.6) is 11.5 Å². The Morgan fingerprint density at radius 2 is 1.91 bits per heavy atom. The largest absolute Gasteiger partial charge is 0.453 e. The number of nitrogens with zero attached hydrogens (tertiary/aromatic N) is 1. The minimum Gasteiger partial charge on any atom is -0.453 e. The highest BCUT2D eigenvalue weighted by Gasteiger charge is 2.25. The first-order valence-electron chi connectivity index (χ1n) is 7.46. The first-order chi connectivity index (χ1) is 10.8. The minimum atomic E-state index is -3.96. The number of para-hydroxylation sites is 1. The van der Waals surface area contributed by atoms with Crippen LogP contribution < -0.4 is 9.64 Å². The number of benzene rings is 2. The third-order valence-corrected chi connectivity index (χ3v) is 4.68. The smallest absolute Gasteiger partial charge is 0.264 e. The standard InChI is InChI=1S/C17H19NO4S/c1-12-7-8-15-14(11-12)18(9-4-10-23(19,20)21)17-13(2)5-3-6-16(17)22-15/h3,5-8,11H,4,9-10H2,1-2H3,(H,19,20,21). The molecule has 0 atom stereocenters. The van der Waals surface area contributed by atoms with Gasteiger partial charge in [0.25, 0.3) is 10.1 Å². The number of anilines is 2. The number of ether oxygens (including phenoxy) is 1. The summed E-state index contributed by atoms with van der Waals surface area (Å²) in [7, 11) is -3.96. The maximum atomic E-state index is 11.0. The highest BCUT2D eigenvalue weighted by atomic mass is 32.2. The van der Waals surface area contributed by atoms with Crippen LogP contribution in [0.2, 0.25) is 0 Å². The lowest BCUT2D eigenvalue weighted by atomic mass is 10.1. The molecule has 1 aliphatic rings. The van der Waals surface area contributed by atoms with E-state index >= 15 is 0 Å². The highest BCUT2D eigenvalue weighted by molar-refractivity contribution is 7.85. The van der Waals surface area contributed by atoms with Crippen LogP contribution >= 0.6 is 0 Å². The molecular weight excluding hydrogens is 314 g/mol. The molecule has 2 aromatic carbocycles. The van der Waals surface area contributed by atoms with Gasteiger partial charge in [0.2, 0.25) is 0 Å². The topological polar surface area (TPSA) is 66.8 Å². The average Bonchev–Trinajstić information content (AvgIpc) is 2.46. The van der Waals surface area contributed by atoms with Crippen LogP contribution in [0.4, 0.5) is 11.4 Å². The normalized spacial score (nSPS) is 13.3. The van der Waals surface area contributed by atoms with Crippen LogP contribution in [0.15, 0.2) is 36.4 Å². The summed E-state index contributed by atoms with van der Waals surface area (Å²) in [6, 6.07) is 11.8. The second-order valence-corrected chi connectivity index (χ2v) is 7.36. The van der Waals surface area contributed by atoms with E-state index in [2.05, 4.69) is 4.90 Å². The predicted molar refractivity (Wildman–Crippen MR) is 90.5 cm³/mol. The lowest BCUT2D eigenvalue weighted by Crippen LogP contribution is -2.25. The maximum Gasteiger partial charge on any atom is 0.264 e. The van der Waals surface area contributed by atoms with Crippen molar-refractivity contribution in [3.05, 3.63) is 47.5 Å². The number of rotatable bonds is 4. The van der Waals surface area contributed by atoms with Crippen LogP contribution in [0.25, 0.3) is 0 Å². The zero-order chi connectivity index (χ0) is 16.6. The Morgan fingerprint density at radius 3 is 2.65 bits per heavy atom. The van der Waals surface area contributed by atoms with Crippen molar-refractivity contribution in [3.63, 3.8) is 0 Å². The number of aryl methyl sites for hydroxylation is 2. The lowest BCUT2D eigenvalue weighted by Gasteiger charge is -2.34. The number of hydrogen-bond acceptors (Lipinski definition) is 4. The van der Waals surface area contributed by atoms with Crippen molar-refractivity contribution < 1.29 is 17.7 Å². The second kappa shape index (κ2) is 5.86. The van der Waals surface area contributed by atoms with E-state index in [0.717, 1.165) is 34.0 Å². The Morgan fingerprint density at radius 1 is 1.13 bits per heavy atom. The SMILES string of the molecule is Cc1ccc2c(c1)N(CCCS(=O)(=O)O)c1c(C)cccc1O2. The molecule has 0 spiro atoms. The molecule has 0 amide bonds. The van der Waals surface area contributed by atoms with Crippen molar-refractivity contribution in [2.45, 2.75) is 20.3 Å². The summed E-state index contributed by atoms with van der Waals surface area (Å²) in [6.45, 7) is 4.49. The summed E-state index contributed by atoms with van der Waals surface area (Å²) in [4.78, 5) is 2.07. The summed E-state index contributed by atoms with van der Waals surface area (Å²) in [5, 5.41) is 0. The minimum absolute atomic E-state index is 0.257. The first kappa shape index (κ1) is 15.8. The zero-order valence-electron chi connectivity index (χ0n) is 13.1. The van der Waals surface area contributed by atoms with Crippen LogP contribution in [-0.4, -0.2) is 25.3 Å². The highest BCUT2D eigenvalue weighted by Crippen LogP contribution is 2.48. The Hall–Kier alpha value is -2.05. The van der Waals surface area contributed by atoms with E-state index in [0.29, 0.717) is 13.0 Å². The summed E-state index contributed by atoms with van der Waals surface area (Å²) < 4.78 is 36.9. The molecule has 0 unspecified atom stereocenters. The van der Waals surface area contributed by atoms with Gasteiger partial charge < -0.3 is 9.64 Å². The van der Waals surface area contributed by atoms with Gasteiger partial charge in [-0.05, 0) is 49.6 Å². The van der Waals surface area contributed by atoms with Crippen LogP contribution in [0.1, 0.15) is 17.5 Å². The van der Waals surface area contributed by atoms with Crippen molar-refractivity contribution in [3.8, 4) is 11.5 Å². The molecule has 2 aromatic rings. The summed E-state index contributed by atoms with van der Waals surface area (Å²) in [6.07, 6.45) is 0.333. The molecule has 0 fully saturated rings. The molecular formula is C17H19NO4S. The molecule has 6 heteroatoms. The van der Waals surface area contributed by atoms with Crippen molar-refractivity contribution in [2.75, 3.05) is 17.2 Å². The zero-order valence-corrected chi connectivity index (χ0v) is 13.9. The van der Waals surface area contributed by atoms with Gasteiger partial charge in [-0.15, -0.1) is 0 Å². The van der Waals surface area contributed by atoms with E-state index in [1.54, 1.807) is 0 Å². The quantitative estimate of drug-likeness (QED) is 0.862. The Balaban J connectivity index is 2.01. The van der Waals surface area contributed by atoms with E-state index in [-0.39, 0.29) is 5.75 Å². The number of hydrogen-bond donors (Lipinski definition) is 1. The van der Waals surface area contributed by atoms with Crippen LogP contribution in [0.3, 0.4) is 0 Å². The molecule has 1 aliphatic heterocycles. The van der Waals surface area contributed by atoms with Crippen molar-refractivity contribution >= 4 is 21.5 Å². The molecule has 122 valence electrons. The third kappa shape index (κ3) is 3.33. The summed E-state index contributed by atoms with van der Waals surface area (Å²) in [5.74, 6) is 1.25. The first-order valence-corrected chi connectivity index (χ1v) is 9.07. The summed E-state index contributed by atoms with van der Waals surface area (Å²) in [5.41, 5.74) is 4.02. The van der Waals surface area contributed by atoms with E-state index in [4.69, 9.17) is 9.29 Å². The monoisotopic (exact) mass is 333 g/mol. The van der Waals surface area contributed by atoms with Crippen LogP contribution in [0, 0.1) is 13.8 Å². The van der Waals surface area contributed by atoms with E-state index in [1.807, 2.05) is 50.2 Å². The van der Waals surface area contributed by atoms with Gasteiger partial charge in [0.1, 0.15) is 0 Å². The number of fused-ring (bicyclic) bond motifs is 2. The summed E-state index contributed by atoms with van der Waals surface area (Å²) >= 11 is 0. The molecule has 0 saturated heterocycles. The van der Waals surface area contributed by atoms with E-state index in [1.165, 1.54) is 0 Å². The second-order valence-electron chi connectivity index (χ2n) is 5.79. The van der Waals surface area contributed by atoms with Gasteiger partial charge >= 0.3 is 0 Å². The molecule has 0 radical (unpaired) electrons. The van der Waals surface area contributed by atoms with E-state index < -0.39 is 10.1 Å². The van der Waals surface area contributed by atoms with E-state index in [9.17, 15) is 8.42 Å². The fourth-order valence-corrected chi connectivity index (χ4v) is 3.36. The average molecular weight is 333 g/mol. The molecule has 3 rings (SSSR count). The van der Waals surface area contributed by atoms with Gasteiger partial charge in [0, 0.05) is 6.54 Å². The Kier molecular flexibility index (Phi) is 4.04. The van der Waals surface area contributed by atoms with Gasteiger partial charge in [-0.2, -0.15) is 8.42 Å². The van der Waals surface area contributed by atoms with Gasteiger partial charge in [-0.3, -0.25) is 4.55 Å².